The van der Waals surface area contributed by atoms with Crippen LogP contribution in [0.15, 0.2) is 18.2 Å². The summed E-state index contributed by atoms with van der Waals surface area (Å²) < 4.78 is 17.2. The average Bonchev–Trinajstić information content (AvgIpc) is 2.83. The molecule has 0 bridgehead atoms. The normalized spacial score (nSPS) is 14.4. The van der Waals surface area contributed by atoms with E-state index < -0.39 is 30.2 Å². The van der Waals surface area contributed by atoms with Gasteiger partial charge in [-0.05, 0) is 25.0 Å². The molecule has 11 heteroatoms. The summed E-state index contributed by atoms with van der Waals surface area (Å²) in [4.78, 5) is 24.8. The molecule has 1 aromatic rings. The van der Waals surface area contributed by atoms with Crippen molar-refractivity contribution in [3.05, 3.63) is 29.3 Å². The van der Waals surface area contributed by atoms with Crippen LogP contribution in [-0.2, 0) is 25.5 Å². The summed E-state index contributed by atoms with van der Waals surface area (Å²) in [6, 6.07) is 5.67. The first kappa shape index (κ1) is 29.3. The molecule has 0 aromatic heterocycles. The molecule has 0 spiro atoms. The van der Waals surface area contributed by atoms with Gasteiger partial charge in [0.15, 0.2) is 6.29 Å². The number of hydrogen-bond acceptors (Lipinski definition) is 9. The van der Waals surface area contributed by atoms with Crippen molar-refractivity contribution in [3.63, 3.8) is 0 Å². The van der Waals surface area contributed by atoms with Gasteiger partial charge >= 0.3 is 0 Å². The zero-order chi connectivity index (χ0) is 25.5. The van der Waals surface area contributed by atoms with Crippen molar-refractivity contribution in [3.8, 4) is 11.8 Å². The second-order valence-corrected chi connectivity index (χ2v) is 7.72. The highest BCUT2D eigenvalue weighted by Gasteiger charge is 2.27. The van der Waals surface area contributed by atoms with Gasteiger partial charge in [0.1, 0.15) is 24.9 Å². The van der Waals surface area contributed by atoms with Crippen molar-refractivity contribution in [2.45, 2.75) is 51.0 Å². The molecular formula is C23H38N6O5. The zero-order valence-electron chi connectivity index (χ0n) is 20.2. The highest BCUT2D eigenvalue weighted by atomic mass is 16.7. The van der Waals surface area contributed by atoms with Gasteiger partial charge in [-0.3, -0.25) is 9.59 Å². The molecule has 0 aliphatic heterocycles. The van der Waals surface area contributed by atoms with Crippen LogP contribution in [0.2, 0.25) is 0 Å². The standard InChI is InChI=1S/C23H38N6O5/c1-4-17(23(32-3)34-12-9-26)18-13-16(5-6-20(18)33-11-8-25)14-19(22(31)28-10-7-24)29-21(30)15(2)27/h5-6,13,15,17,19,23H,4,8-12,14,25-27H2,1-3H3,(H,28,31)(H,29,30)/t15-,17?,19-,23?/m0/s1. The van der Waals surface area contributed by atoms with Crippen LogP contribution in [-0.4, -0.2) is 70.1 Å². The minimum Gasteiger partial charge on any atom is -0.492 e. The lowest BCUT2D eigenvalue weighted by atomic mass is 9.91. The third kappa shape index (κ3) is 9.24. The fourth-order valence-corrected chi connectivity index (χ4v) is 3.40. The summed E-state index contributed by atoms with van der Waals surface area (Å²) in [5, 5.41) is 13.9. The second kappa shape index (κ2) is 16.0. The molecule has 11 nitrogen and oxygen atoms in total. The number of carbonyl (C=O) groups is 2. The number of nitrogens with zero attached hydrogens (tertiary/aromatic N) is 1. The van der Waals surface area contributed by atoms with Gasteiger partial charge in [-0.25, -0.2) is 0 Å². The first-order valence-electron chi connectivity index (χ1n) is 11.3. The quantitative estimate of drug-likeness (QED) is 0.154. The van der Waals surface area contributed by atoms with E-state index in [0.717, 1.165) is 11.1 Å². The third-order valence-electron chi connectivity index (χ3n) is 5.08. The van der Waals surface area contributed by atoms with Gasteiger partial charge in [0.25, 0.3) is 0 Å². The van der Waals surface area contributed by atoms with Crippen molar-refractivity contribution in [2.24, 2.45) is 17.2 Å². The van der Waals surface area contributed by atoms with Crippen LogP contribution in [0.25, 0.3) is 0 Å². The van der Waals surface area contributed by atoms with E-state index in [1.54, 1.807) is 13.2 Å². The highest BCUT2D eigenvalue weighted by molar-refractivity contribution is 5.89. The topological polar surface area (TPSA) is 188 Å². The Kier molecular flexibility index (Phi) is 13.8. The molecule has 0 heterocycles. The first-order chi connectivity index (χ1) is 16.3. The van der Waals surface area contributed by atoms with Crippen LogP contribution in [0.4, 0.5) is 0 Å². The lowest BCUT2D eigenvalue weighted by Crippen LogP contribution is -2.51. The number of rotatable bonds is 16. The number of amides is 2. The van der Waals surface area contributed by atoms with E-state index in [-0.39, 0.29) is 18.9 Å². The highest BCUT2D eigenvalue weighted by Crippen LogP contribution is 2.34. The van der Waals surface area contributed by atoms with E-state index in [0.29, 0.717) is 38.5 Å². The Bertz CT molecular complexity index is 814. The molecule has 0 aliphatic carbocycles. The van der Waals surface area contributed by atoms with Crippen LogP contribution in [0, 0.1) is 11.3 Å². The maximum absolute atomic E-state index is 12.6. The van der Waals surface area contributed by atoms with Crippen LogP contribution < -0.4 is 32.6 Å². The lowest BCUT2D eigenvalue weighted by Gasteiger charge is -2.28. The number of methoxy groups -OCH3 is 1. The van der Waals surface area contributed by atoms with Gasteiger partial charge in [-0.15, -0.1) is 0 Å². The summed E-state index contributed by atoms with van der Waals surface area (Å²) >= 11 is 0. The molecule has 0 radical (unpaired) electrons. The molecule has 0 aliphatic rings. The number of ether oxygens (including phenoxy) is 3. The molecule has 0 saturated heterocycles. The molecule has 0 saturated carbocycles. The Morgan fingerprint density at radius 3 is 2.44 bits per heavy atom. The number of hydrogen-bond donors (Lipinski definition) is 5. The maximum Gasteiger partial charge on any atom is 0.243 e. The smallest absolute Gasteiger partial charge is 0.243 e. The van der Waals surface area contributed by atoms with Crippen molar-refractivity contribution in [1.29, 1.82) is 5.26 Å². The SMILES string of the molecule is CCC(c1cc(C[C@H](NC(=O)[C@H](C)N)C(=O)NCC#N)ccc1OCCN)C(OC)OCCN. The van der Waals surface area contributed by atoms with Crippen molar-refractivity contribution < 1.29 is 23.8 Å². The van der Waals surface area contributed by atoms with E-state index in [4.69, 9.17) is 36.7 Å². The van der Waals surface area contributed by atoms with Crippen LogP contribution in [0.5, 0.6) is 5.75 Å². The third-order valence-corrected chi connectivity index (χ3v) is 5.08. The molecule has 2 amide bonds. The van der Waals surface area contributed by atoms with Crippen LogP contribution in [0.3, 0.4) is 0 Å². The first-order valence-corrected chi connectivity index (χ1v) is 11.3. The lowest BCUT2D eigenvalue weighted by molar-refractivity contribution is -0.137. The number of nitrogens with one attached hydrogen (secondary N) is 2. The summed E-state index contributed by atoms with van der Waals surface area (Å²) in [5.41, 5.74) is 18.5. The summed E-state index contributed by atoms with van der Waals surface area (Å²) in [6.45, 7) is 4.71. The van der Waals surface area contributed by atoms with Gasteiger partial charge in [-0.2, -0.15) is 5.26 Å². The van der Waals surface area contributed by atoms with E-state index in [1.165, 1.54) is 6.92 Å². The molecule has 2 unspecified atom stereocenters. The van der Waals surface area contributed by atoms with Crippen molar-refractivity contribution in [2.75, 3.05) is 40.0 Å². The number of benzene rings is 1. The van der Waals surface area contributed by atoms with Gasteiger partial charge < -0.3 is 42.0 Å². The van der Waals surface area contributed by atoms with E-state index >= 15 is 0 Å². The van der Waals surface area contributed by atoms with Crippen molar-refractivity contribution >= 4 is 11.8 Å². The fraction of sp³-hybridized carbons (Fsp3) is 0.609. The molecule has 1 aromatic carbocycles. The van der Waals surface area contributed by atoms with Crippen LogP contribution >= 0.6 is 0 Å². The maximum atomic E-state index is 12.6. The molecule has 34 heavy (non-hydrogen) atoms. The number of nitriles is 1. The van der Waals surface area contributed by atoms with Gasteiger partial charge in [0.2, 0.25) is 11.8 Å². The van der Waals surface area contributed by atoms with Gasteiger partial charge in [-0.1, -0.05) is 19.1 Å². The second-order valence-electron chi connectivity index (χ2n) is 7.72. The molecule has 8 N–H and O–H groups in total. The largest absolute Gasteiger partial charge is 0.492 e. The molecule has 190 valence electrons. The molecule has 1 rings (SSSR count). The van der Waals surface area contributed by atoms with Crippen LogP contribution in [0.1, 0.15) is 37.3 Å². The number of carbonyl (C=O) groups excluding carboxylic acids is 2. The summed E-state index contributed by atoms with van der Waals surface area (Å²) in [5.74, 6) is -0.506. The zero-order valence-corrected chi connectivity index (χ0v) is 20.2. The fourth-order valence-electron chi connectivity index (χ4n) is 3.40. The predicted octanol–water partition coefficient (Wildman–Crippen LogP) is -0.520. The average molecular weight is 479 g/mol. The molecule has 4 atom stereocenters. The minimum absolute atomic E-state index is 0.174. The van der Waals surface area contributed by atoms with E-state index in [2.05, 4.69) is 10.6 Å². The Labute approximate surface area is 201 Å². The summed E-state index contributed by atoms with van der Waals surface area (Å²) in [6.07, 6.45) is 0.299. The Balaban J connectivity index is 3.33. The molecular weight excluding hydrogens is 440 g/mol. The predicted molar refractivity (Wildman–Crippen MR) is 128 cm³/mol. The van der Waals surface area contributed by atoms with Gasteiger partial charge in [0, 0.05) is 38.1 Å². The Hall–Kier alpha value is -2.75. The van der Waals surface area contributed by atoms with E-state index in [1.807, 2.05) is 25.1 Å². The molecule has 0 fully saturated rings. The summed E-state index contributed by atoms with van der Waals surface area (Å²) in [7, 11) is 1.56. The monoisotopic (exact) mass is 478 g/mol. The Morgan fingerprint density at radius 1 is 1.18 bits per heavy atom. The van der Waals surface area contributed by atoms with Gasteiger partial charge in [0.05, 0.1) is 18.7 Å². The van der Waals surface area contributed by atoms with E-state index in [9.17, 15) is 9.59 Å². The Morgan fingerprint density at radius 2 is 1.88 bits per heavy atom. The number of nitrogens with two attached hydrogens (primary N) is 3. The minimum atomic E-state index is -0.915. The van der Waals surface area contributed by atoms with Crippen molar-refractivity contribution in [1.82, 2.24) is 10.6 Å².